The second kappa shape index (κ2) is 6.05. The van der Waals surface area contributed by atoms with Crippen molar-refractivity contribution >= 4 is 15.8 Å². The minimum absolute atomic E-state index is 0.0416. The van der Waals surface area contributed by atoms with Gasteiger partial charge >= 0.3 is 5.97 Å². The summed E-state index contributed by atoms with van der Waals surface area (Å²) in [7, 11) is -3.67. The number of aliphatic carboxylic acids is 1. The van der Waals surface area contributed by atoms with Gasteiger partial charge in [0.25, 0.3) is 0 Å². The van der Waals surface area contributed by atoms with Crippen molar-refractivity contribution in [1.82, 2.24) is 0 Å². The molecule has 2 rings (SSSR count). The van der Waals surface area contributed by atoms with Crippen LogP contribution in [-0.2, 0) is 26.8 Å². The van der Waals surface area contributed by atoms with Crippen LogP contribution < -0.4 is 0 Å². The van der Waals surface area contributed by atoms with Gasteiger partial charge in [-0.1, -0.05) is 30.3 Å². The number of halogens is 1. The molecule has 1 N–H and O–H groups in total. The summed E-state index contributed by atoms with van der Waals surface area (Å²) in [5.74, 6) is -1.99. The monoisotopic (exact) mass is 308 g/mol. The van der Waals surface area contributed by atoms with Crippen molar-refractivity contribution in [2.75, 3.05) is 0 Å². The van der Waals surface area contributed by atoms with Crippen LogP contribution in [0.2, 0.25) is 0 Å². The van der Waals surface area contributed by atoms with E-state index in [0.717, 1.165) is 0 Å². The van der Waals surface area contributed by atoms with E-state index in [0.29, 0.717) is 5.56 Å². The third kappa shape index (κ3) is 3.88. The molecule has 0 heterocycles. The highest BCUT2D eigenvalue weighted by Gasteiger charge is 2.17. The Hall–Kier alpha value is -2.21. The standard InChI is InChI=1S/C15H13FO4S/c16-14-4-2-1-3-12(14)10-21(19,20)13-7-5-11(6-8-13)9-15(17)18/h1-8H,9-10H2,(H,17,18). The zero-order valence-electron chi connectivity index (χ0n) is 11.0. The maximum atomic E-state index is 13.5. The first-order valence-electron chi connectivity index (χ1n) is 6.15. The van der Waals surface area contributed by atoms with E-state index in [1.165, 1.54) is 42.5 Å². The van der Waals surface area contributed by atoms with Gasteiger partial charge in [0, 0.05) is 5.56 Å². The van der Waals surface area contributed by atoms with Gasteiger partial charge in [-0.3, -0.25) is 4.79 Å². The summed E-state index contributed by atoms with van der Waals surface area (Å²) in [6.45, 7) is 0. The minimum atomic E-state index is -3.67. The summed E-state index contributed by atoms with van der Waals surface area (Å²) in [5.41, 5.74) is 0.611. The van der Waals surface area contributed by atoms with Gasteiger partial charge in [0.05, 0.1) is 17.1 Å². The van der Waals surface area contributed by atoms with E-state index < -0.39 is 27.4 Å². The van der Waals surface area contributed by atoms with Gasteiger partial charge in [-0.15, -0.1) is 0 Å². The first kappa shape index (κ1) is 15.2. The molecule has 0 unspecified atom stereocenters. The summed E-state index contributed by atoms with van der Waals surface area (Å²) >= 11 is 0. The number of sulfone groups is 1. The molecule has 0 aliphatic carbocycles. The molecule has 110 valence electrons. The summed E-state index contributed by atoms with van der Waals surface area (Å²) in [6, 6.07) is 11.3. The smallest absolute Gasteiger partial charge is 0.307 e. The lowest BCUT2D eigenvalue weighted by Crippen LogP contribution is -2.07. The molecule has 6 heteroatoms. The second-order valence-corrected chi connectivity index (χ2v) is 6.55. The van der Waals surface area contributed by atoms with Crippen LogP contribution in [-0.4, -0.2) is 19.5 Å². The van der Waals surface area contributed by atoms with E-state index in [-0.39, 0.29) is 16.9 Å². The van der Waals surface area contributed by atoms with Crippen LogP contribution in [0, 0.1) is 5.82 Å². The third-order valence-corrected chi connectivity index (χ3v) is 4.62. The molecule has 0 aliphatic rings. The molecule has 0 radical (unpaired) electrons. The maximum absolute atomic E-state index is 13.5. The Labute approximate surface area is 121 Å². The molecule has 0 saturated heterocycles. The second-order valence-electron chi connectivity index (χ2n) is 4.56. The fraction of sp³-hybridized carbons (Fsp3) is 0.133. The first-order valence-corrected chi connectivity index (χ1v) is 7.80. The molecule has 2 aromatic carbocycles. The lowest BCUT2D eigenvalue weighted by molar-refractivity contribution is -0.136. The van der Waals surface area contributed by atoms with E-state index in [4.69, 9.17) is 5.11 Å². The molecule has 0 aliphatic heterocycles. The lowest BCUT2D eigenvalue weighted by atomic mass is 10.2. The molecular formula is C15H13FO4S. The summed E-state index contributed by atoms with van der Waals surface area (Å²) in [6.07, 6.45) is -0.173. The average Bonchev–Trinajstić information content (AvgIpc) is 2.41. The molecule has 0 fully saturated rings. The molecule has 0 spiro atoms. The van der Waals surface area contributed by atoms with Crippen molar-refractivity contribution < 1.29 is 22.7 Å². The van der Waals surface area contributed by atoms with Crippen molar-refractivity contribution in [1.29, 1.82) is 0 Å². The number of benzene rings is 2. The van der Waals surface area contributed by atoms with Gasteiger partial charge in [0.1, 0.15) is 5.82 Å². The molecular weight excluding hydrogens is 295 g/mol. The minimum Gasteiger partial charge on any atom is -0.481 e. The molecule has 0 amide bonds. The van der Waals surface area contributed by atoms with Gasteiger partial charge in [-0.2, -0.15) is 0 Å². The van der Waals surface area contributed by atoms with E-state index in [2.05, 4.69) is 0 Å². The highest BCUT2D eigenvalue weighted by molar-refractivity contribution is 7.90. The fourth-order valence-corrected chi connectivity index (χ4v) is 3.25. The van der Waals surface area contributed by atoms with Crippen molar-refractivity contribution in [3.8, 4) is 0 Å². The van der Waals surface area contributed by atoms with Crippen LogP contribution in [0.15, 0.2) is 53.4 Å². The molecule has 2 aromatic rings. The van der Waals surface area contributed by atoms with Crippen molar-refractivity contribution in [3.63, 3.8) is 0 Å². The first-order chi connectivity index (χ1) is 9.88. The quantitative estimate of drug-likeness (QED) is 0.921. The number of carboxylic acid groups (broad SMARTS) is 1. The Kier molecular flexibility index (Phi) is 4.37. The maximum Gasteiger partial charge on any atom is 0.307 e. The third-order valence-electron chi connectivity index (χ3n) is 2.94. The van der Waals surface area contributed by atoms with E-state index in [1.54, 1.807) is 6.07 Å². The van der Waals surface area contributed by atoms with E-state index in [9.17, 15) is 17.6 Å². The van der Waals surface area contributed by atoms with Crippen LogP contribution in [0.1, 0.15) is 11.1 Å². The van der Waals surface area contributed by atoms with E-state index >= 15 is 0 Å². The van der Waals surface area contributed by atoms with E-state index in [1.807, 2.05) is 0 Å². The van der Waals surface area contributed by atoms with Crippen LogP contribution in [0.5, 0.6) is 0 Å². The largest absolute Gasteiger partial charge is 0.481 e. The fourth-order valence-electron chi connectivity index (χ4n) is 1.89. The van der Waals surface area contributed by atoms with Crippen molar-refractivity contribution in [2.24, 2.45) is 0 Å². The number of hydrogen-bond donors (Lipinski definition) is 1. The highest BCUT2D eigenvalue weighted by Crippen LogP contribution is 2.19. The van der Waals surface area contributed by atoms with Crippen LogP contribution >= 0.6 is 0 Å². The van der Waals surface area contributed by atoms with Gasteiger partial charge in [-0.05, 0) is 23.8 Å². The topological polar surface area (TPSA) is 71.4 Å². The van der Waals surface area contributed by atoms with Gasteiger partial charge < -0.3 is 5.11 Å². The van der Waals surface area contributed by atoms with Crippen LogP contribution in [0.4, 0.5) is 4.39 Å². The zero-order valence-corrected chi connectivity index (χ0v) is 11.8. The molecule has 4 nitrogen and oxygen atoms in total. The number of carboxylic acids is 1. The lowest BCUT2D eigenvalue weighted by Gasteiger charge is -2.06. The van der Waals surface area contributed by atoms with Crippen LogP contribution in [0.3, 0.4) is 0 Å². The Bertz CT molecular complexity index is 751. The van der Waals surface area contributed by atoms with Gasteiger partial charge in [0.2, 0.25) is 0 Å². The Morgan fingerprint density at radius 2 is 1.67 bits per heavy atom. The highest BCUT2D eigenvalue weighted by atomic mass is 32.2. The average molecular weight is 308 g/mol. The molecule has 21 heavy (non-hydrogen) atoms. The summed E-state index contributed by atoms with van der Waals surface area (Å²) in [5, 5.41) is 8.66. The Balaban J connectivity index is 2.24. The van der Waals surface area contributed by atoms with Crippen molar-refractivity contribution in [3.05, 3.63) is 65.5 Å². The molecule has 0 aromatic heterocycles. The molecule has 0 atom stereocenters. The number of carbonyl (C=O) groups is 1. The van der Waals surface area contributed by atoms with Gasteiger partial charge in [0.15, 0.2) is 9.84 Å². The van der Waals surface area contributed by atoms with Crippen molar-refractivity contribution in [2.45, 2.75) is 17.1 Å². The molecule has 0 bridgehead atoms. The number of rotatable bonds is 5. The van der Waals surface area contributed by atoms with Crippen LogP contribution in [0.25, 0.3) is 0 Å². The predicted octanol–water partition coefficient (Wildman–Crippen LogP) is 2.43. The zero-order chi connectivity index (χ0) is 15.5. The van der Waals surface area contributed by atoms with Gasteiger partial charge in [-0.25, -0.2) is 12.8 Å². The molecule has 0 saturated carbocycles. The SMILES string of the molecule is O=C(O)Cc1ccc(S(=O)(=O)Cc2ccccc2F)cc1. The number of hydrogen-bond acceptors (Lipinski definition) is 3. The summed E-state index contributed by atoms with van der Waals surface area (Å²) in [4.78, 5) is 10.6. The predicted molar refractivity (Wildman–Crippen MR) is 75.1 cm³/mol. The Morgan fingerprint density at radius 3 is 2.24 bits per heavy atom. The Morgan fingerprint density at radius 1 is 1.05 bits per heavy atom. The normalized spacial score (nSPS) is 11.3. The summed E-state index contributed by atoms with van der Waals surface area (Å²) < 4.78 is 37.9.